The van der Waals surface area contributed by atoms with E-state index in [0.717, 1.165) is 11.6 Å². The van der Waals surface area contributed by atoms with E-state index >= 15 is 0 Å². The van der Waals surface area contributed by atoms with Crippen LogP contribution in [0.2, 0.25) is 5.02 Å². The Morgan fingerprint density at radius 1 is 1.10 bits per heavy atom. The van der Waals surface area contributed by atoms with E-state index in [-0.39, 0.29) is 0 Å². The molecule has 0 amide bonds. The summed E-state index contributed by atoms with van der Waals surface area (Å²) in [4.78, 5) is 0. The lowest BCUT2D eigenvalue weighted by Gasteiger charge is -2.24. The maximum absolute atomic E-state index is 5.96. The largest absolute Gasteiger partial charge is 0.316 e. The van der Waals surface area contributed by atoms with Crippen molar-refractivity contribution in [2.45, 2.75) is 25.7 Å². The van der Waals surface area contributed by atoms with Gasteiger partial charge in [-0.3, -0.25) is 0 Å². The number of nitrogens with one attached hydrogen (secondary N) is 1. The zero-order valence-corrected chi connectivity index (χ0v) is 12.6. The predicted octanol–water partition coefficient (Wildman–Crippen LogP) is 4.78. The van der Waals surface area contributed by atoms with Crippen LogP contribution < -0.4 is 5.32 Å². The fourth-order valence-corrected chi connectivity index (χ4v) is 3.16. The number of hydrogen-bond acceptors (Lipinski definition) is 1. The standard InChI is InChI=1S/C18H20ClN/c1-13-11-15(16-3-2-10-20-12-16)6-9-18(13)14-4-7-17(19)8-5-14/h4-9,11,16,20H,2-3,10,12H2,1H3. The Morgan fingerprint density at radius 2 is 1.90 bits per heavy atom. The van der Waals surface area contributed by atoms with Gasteiger partial charge >= 0.3 is 0 Å². The average Bonchev–Trinajstić information content (AvgIpc) is 2.49. The maximum Gasteiger partial charge on any atom is 0.0406 e. The third kappa shape index (κ3) is 2.89. The van der Waals surface area contributed by atoms with E-state index in [2.05, 4.69) is 42.6 Å². The zero-order chi connectivity index (χ0) is 13.9. The summed E-state index contributed by atoms with van der Waals surface area (Å²) < 4.78 is 0. The second kappa shape index (κ2) is 5.99. The Balaban J connectivity index is 1.88. The molecule has 1 unspecified atom stereocenters. The molecule has 2 heteroatoms. The number of rotatable bonds is 2. The van der Waals surface area contributed by atoms with Gasteiger partial charge in [-0.05, 0) is 66.6 Å². The summed E-state index contributed by atoms with van der Waals surface area (Å²) in [6.07, 6.45) is 2.58. The Labute approximate surface area is 126 Å². The number of hydrogen-bond donors (Lipinski definition) is 1. The third-order valence-corrected chi connectivity index (χ3v) is 4.43. The van der Waals surface area contributed by atoms with Gasteiger partial charge in [-0.2, -0.15) is 0 Å². The van der Waals surface area contributed by atoms with Crippen LogP contribution in [0.4, 0.5) is 0 Å². The van der Waals surface area contributed by atoms with Gasteiger partial charge in [-0.1, -0.05) is 41.9 Å². The Kier molecular flexibility index (Phi) is 4.09. The molecule has 1 aliphatic heterocycles. The molecule has 1 heterocycles. The summed E-state index contributed by atoms with van der Waals surface area (Å²) in [5, 5.41) is 4.28. The first-order valence-corrected chi connectivity index (χ1v) is 7.69. The molecule has 1 fully saturated rings. The van der Waals surface area contributed by atoms with Crippen LogP contribution >= 0.6 is 11.6 Å². The minimum absolute atomic E-state index is 0.668. The lowest BCUT2D eigenvalue weighted by molar-refractivity contribution is 0.461. The molecule has 2 aromatic carbocycles. The molecule has 0 bridgehead atoms. The van der Waals surface area contributed by atoms with Gasteiger partial charge in [-0.25, -0.2) is 0 Å². The fourth-order valence-electron chi connectivity index (χ4n) is 3.03. The molecule has 104 valence electrons. The number of piperidine rings is 1. The van der Waals surface area contributed by atoms with E-state index in [1.807, 2.05) is 12.1 Å². The van der Waals surface area contributed by atoms with Gasteiger partial charge in [-0.15, -0.1) is 0 Å². The quantitative estimate of drug-likeness (QED) is 0.837. The Hall–Kier alpha value is -1.31. The van der Waals surface area contributed by atoms with Crippen molar-refractivity contribution in [3.8, 4) is 11.1 Å². The van der Waals surface area contributed by atoms with E-state index in [4.69, 9.17) is 11.6 Å². The van der Waals surface area contributed by atoms with Crippen LogP contribution in [0, 0.1) is 6.92 Å². The summed E-state index contributed by atoms with van der Waals surface area (Å²) in [7, 11) is 0. The van der Waals surface area contributed by atoms with Gasteiger partial charge < -0.3 is 5.32 Å². The first kappa shape index (κ1) is 13.7. The highest BCUT2D eigenvalue weighted by molar-refractivity contribution is 6.30. The summed E-state index contributed by atoms with van der Waals surface area (Å²) in [5.74, 6) is 0.668. The molecule has 1 saturated heterocycles. The van der Waals surface area contributed by atoms with Crippen molar-refractivity contribution in [2.75, 3.05) is 13.1 Å². The van der Waals surface area contributed by atoms with E-state index < -0.39 is 0 Å². The monoisotopic (exact) mass is 285 g/mol. The minimum Gasteiger partial charge on any atom is -0.316 e. The smallest absolute Gasteiger partial charge is 0.0406 e. The van der Waals surface area contributed by atoms with Crippen molar-refractivity contribution in [3.05, 3.63) is 58.6 Å². The minimum atomic E-state index is 0.668. The molecule has 0 saturated carbocycles. The molecule has 20 heavy (non-hydrogen) atoms. The molecular formula is C18H20ClN. The summed E-state index contributed by atoms with van der Waals surface area (Å²) in [5.41, 5.74) is 5.34. The molecule has 3 rings (SSSR count). The number of aryl methyl sites for hydroxylation is 1. The van der Waals surface area contributed by atoms with Crippen LogP contribution in [0.15, 0.2) is 42.5 Å². The molecule has 0 radical (unpaired) electrons. The average molecular weight is 286 g/mol. The first-order chi connectivity index (χ1) is 9.74. The lowest BCUT2D eigenvalue weighted by atomic mass is 9.88. The molecular weight excluding hydrogens is 266 g/mol. The van der Waals surface area contributed by atoms with Crippen molar-refractivity contribution in [2.24, 2.45) is 0 Å². The zero-order valence-electron chi connectivity index (χ0n) is 11.8. The lowest BCUT2D eigenvalue weighted by Crippen LogP contribution is -2.28. The van der Waals surface area contributed by atoms with Crippen LogP contribution in [0.3, 0.4) is 0 Å². The second-order valence-corrected chi connectivity index (χ2v) is 6.06. The SMILES string of the molecule is Cc1cc(C2CCCNC2)ccc1-c1ccc(Cl)cc1. The van der Waals surface area contributed by atoms with Crippen molar-refractivity contribution >= 4 is 11.6 Å². The van der Waals surface area contributed by atoms with Gasteiger partial charge in [0, 0.05) is 11.6 Å². The van der Waals surface area contributed by atoms with Crippen molar-refractivity contribution in [3.63, 3.8) is 0 Å². The third-order valence-electron chi connectivity index (χ3n) is 4.17. The van der Waals surface area contributed by atoms with E-state index in [9.17, 15) is 0 Å². The summed E-state index contributed by atoms with van der Waals surface area (Å²) in [6.45, 7) is 4.47. The van der Waals surface area contributed by atoms with Crippen LogP contribution in [-0.2, 0) is 0 Å². The molecule has 1 nitrogen and oxygen atoms in total. The van der Waals surface area contributed by atoms with Gasteiger partial charge in [0.2, 0.25) is 0 Å². The summed E-state index contributed by atoms with van der Waals surface area (Å²) >= 11 is 5.96. The van der Waals surface area contributed by atoms with Gasteiger partial charge in [0.05, 0.1) is 0 Å². The van der Waals surface area contributed by atoms with Crippen molar-refractivity contribution < 1.29 is 0 Å². The predicted molar refractivity (Wildman–Crippen MR) is 86.5 cm³/mol. The van der Waals surface area contributed by atoms with Gasteiger partial charge in [0.15, 0.2) is 0 Å². The van der Waals surface area contributed by atoms with E-state index in [1.165, 1.54) is 41.6 Å². The fraction of sp³-hybridized carbons (Fsp3) is 0.333. The molecule has 2 aromatic rings. The molecule has 0 aliphatic carbocycles. The van der Waals surface area contributed by atoms with E-state index in [0.29, 0.717) is 5.92 Å². The normalized spacial score (nSPS) is 19.0. The number of halogens is 1. The first-order valence-electron chi connectivity index (χ1n) is 7.31. The molecule has 1 atom stereocenters. The van der Waals surface area contributed by atoms with Gasteiger partial charge in [0.1, 0.15) is 0 Å². The van der Waals surface area contributed by atoms with Crippen LogP contribution in [0.25, 0.3) is 11.1 Å². The van der Waals surface area contributed by atoms with Gasteiger partial charge in [0.25, 0.3) is 0 Å². The van der Waals surface area contributed by atoms with Crippen molar-refractivity contribution in [1.82, 2.24) is 5.32 Å². The molecule has 1 N–H and O–H groups in total. The van der Waals surface area contributed by atoms with E-state index in [1.54, 1.807) is 0 Å². The number of benzene rings is 2. The Morgan fingerprint density at radius 3 is 2.55 bits per heavy atom. The van der Waals surface area contributed by atoms with Crippen LogP contribution in [0.1, 0.15) is 29.9 Å². The molecule has 0 spiro atoms. The highest BCUT2D eigenvalue weighted by atomic mass is 35.5. The Bertz CT molecular complexity index is 583. The van der Waals surface area contributed by atoms with Crippen LogP contribution in [0.5, 0.6) is 0 Å². The molecule has 1 aliphatic rings. The highest BCUT2D eigenvalue weighted by Gasteiger charge is 2.15. The topological polar surface area (TPSA) is 12.0 Å². The van der Waals surface area contributed by atoms with Crippen LogP contribution in [-0.4, -0.2) is 13.1 Å². The maximum atomic E-state index is 5.96. The van der Waals surface area contributed by atoms with Crippen molar-refractivity contribution in [1.29, 1.82) is 0 Å². The highest BCUT2D eigenvalue weighted by Crippen LogP contribution is 2.30. The molecule has 0 aromatic heterocycles. The summed E-state index contributed by atoms with van der Waals surface area (Å²) in [6, 6.07) is 15.0. The second-order valence-electron chi connectivity index (χ2n) is 5.62.